The number of nitrogens with two attached hydrogens (primary N) is 1. The lowest BCUT2D eigenvalue weighted by Gasteiger charge is -2.14. The van der Waals surface area contributed by atoms with Gasteiger partial charge in [0.05, 0.1) is 19.8 Å². The fourth-order valence-corrected chi connectivity index (χ4v) is 2.10. The molecule has 1 amide bonds. The molecule has 0 unspecified atom stereocenters. The molecular formula is C15H15F3N4O3. The topological polar surface area (TPSA) is 99.4 Å². The number of carbonyl (C=O) groups is 1. The highest BCUT2D eigenvalue weighted by molar-refractivity contribution is 6.07. The van der Waals surface area contributed by atoms with E-state index in [1.165, 1.54) is 20.3 Å². The molecule has 1 heterocycles. The largest absolute Gasteiger partial charge is 0.480 e. The molecule has 0 radical (unpaired) electrons. The molecule has 10 heteroatoms. The maximum Gasteiger partial charge on any atom is 0.416 e. The third kappa shape index (κ3) is 4.15. The third-order valence-corrected chi connectivity index (χ3v) is 3.21. The van der Waals surface area contributed by atoms with E-state index in [9.17, 15) is 18.0 Å². The van der Waals surface area contributed by atoms with Gasteiger partial charge in [-0.05, 0) is 23.8 Å². The van der Waals surface area contributed by atoms with E-state index < -0.39 is 17.6 Å². The Morgan fingerprint density at radius 1 is 1.16 bits per heavy atom. The van der Waals surface area contributed by atoms with E-state index in [2.05, 4.69) is 15.3 Å². The van der Waals surface area contributed by atoms with Gasteiger partial charge < -0.3 is 20.5 Å². The first kappa shape index (κ1) is 18.5. The van der Waals surface area contributed by atoms with Crippen molar-refractivity contribution in [3.63, 3.8) is 0 Å². The van der Waals surface area contributed by atoms with Crippen molar-refractivity contribution in [3.8, 4) is 11.8 Å². The highest BCUT2D eigenvalue weighted by atomic mass is 19.4. The van der Waals surface area contributed by atoms with Crippen molar-refractivity contribution in [2.45, 2.75) is 12.7 Å². The van der Waals surface area contributed by atoms with Crippen molar-refractivity contribution in [1.82, 2.24) is 9.97 Å². The van der Waals surface area contributed by atoms with Crippen LogP contribution in [0.15, 0.2) is 24.5 Å². The number of alkyl halides is 3. The molecule has 134 valence electrons. The minimum absolute atomic E-state index is 0.0737. The summed E-state index contributed by atoms with van der Waals surface area (Å²) in [4.78, 5) is 20.0. The minimum Gasteiger partial charge on any atom is -0.480 e. The van der Waals surface area contributed by atoms with Crippen molar-refractivity contribution in [1.29, 1.82) is 0 Å². The molecule has 0 saturated heterocycles. The van der Waals surface area contributed by atoms with Crippen LogP contribution in [0.1, 0.15) is 21.5 Å². The van der Waals surface area contributed by atoms with E-state index in [1.807, 2.05) is 0 Å². The first-order valence-corrected chi connectivity index (χ1v) is 6.95. The summed E-state index contributed by atoms with van der Waals surface area (Å²) in [5.41, 5.74) is 4.50. The summed E-state index contributed by atoms with van der Waals surface area (Å²) in [6.07, 6.45) is -3.44. The van der Waals surface area contributed by atoms with Crippen molar-refractivity contribution < 1.29 is 27.4 Å². The van der Waals surface area contributed by atoms with E-state index in [-0.39, 0.29) is 35.1 Å². The number of anilines is 1. The van der Waals surface area contributed by atoms with Crippen LogP contribution in [0.5, 0.6) is 11.8 Å². The zero-order chi connectivity index (χ0) is 18.6. The van der Waals surface area contributed by atoms with Crippen LogP contribution in [0.25, 0.3) is 0 Å². The van der Waals surface area contributed by atoms with Crippen LogP contribution in [0.4, 0.5) is 18.9 Å². The Morgan fingerprint density at radius 3 is 2.24 bits per heavy atom. The lowest BCUT2D eigenvalue weighted by Crippen LogP contribution is -2.17. The van der Waals surface area contributed by atoms with Gasteiger partial charge in [0.25, 0.3) is 5.91 Å². The SMILES string of the molecule is COc1ncnc(OC)c1C(=O)Nc1cc(CN)cc(C(F)(F)F)c1. The summed E-state index contributed by atoms with van der Waals surface area (Å²) in [6, 6.07) is 3.07. The van der Waals surface area contributed by atoms with Crippen LogP contribution in [0.3, 0.4) is 0 Å². The molecule has 0 atom stereocenters. The lowest BCUT2D eigenvalue weighted by atomic mass is 10.1. The van der Waals surface area contributed by atoms with Gasteiger partial charge >= 0.3 is 6.18 Å². The van der Waals surface area contributed by atoms with Crippen LogP contribution < -0.4 is 20.5 Å². The van der Waals surface area contributed by atoms with Crippen molar-refractivity contribution in [2.75, 3.05) is 19.5 Å². The van der Waals surface area contributed by atoms with Crippen molar-refractivity contribution in [3.05, 3.63) is 41.2 Å². The molecule has 0 fully saturated rings. The first-order chi connectivity index (χ1) is 11.8. The molecule has 2 rings (SSSR count). The number of carbonyl (C=O) groups excluding carboxylic acids is 1. The number of halogens is 3. The molecule has 0 saturated carbocycles. The van der Waals surface area contributed by atoms with E-state index in [0.717, 1.165) is 18.5 Å². The predicted molar refractivity (Wildman–Crippen MR) is 82.4 cm³/mol. The molecule has 1 aromatic heterocycles. The van der Waals surface area contributed by atoms with Gasteiger partial charge in [0.15, 0.2) is 5.56 Å². The zero-order valence-electron chi connectivity index (χ0n) is 13.3. The monoisotopic (exact) mass is 356 g/mol. The number of nitrogens with zero attached hydrogens (tertiary/aromatic N) is 2. The number of aromatic nitrogens is 2. The molecular weight excluding hydrogens is 341 g/mol. The number of amides is 1. The van der Waals surface area contributed by atoms with Crippen LogP contribution in [-0.2, 0) is 12.7 Å². The summed E-state index contributed by atoms with van der Waals surface area (Å²) >= 11 is 0. The molecule has 0 aliphatic carbocycles. The Balaban J connectivity index is 2.42. The third-order valence-electron chi connectivity index (χ3n) is 3.21. The van der Waals surface area contributed by atoms with Gasteiger partial charge in [0, 0.05) is 12.2 Å². The van der Waals surface area contributed by atoms with E-state index in [1.54, 1.807) is 0 Å². The number of benzene rings is 1. The number of ether oxygens (including phenoxy) is 2. The van der Waals surface area contributed by atoms with Crippen LogP contribution in [0.2, 0.25) is 0 Å². The summed E-state index contributed by atoms with van der Waals surface area (Å²) in [7, 11) is 2.57. The molecule has 25 heavy (non-hydrogen) atoms. The number of rotatable bonds is 5. The van der Waals surface area contributed by atoms with Gasteiger partial charge in [-0.15, -0.1) is 0 Å². The van der Waals surface area contributed by atoms with Gasteiger partial charge in [-0.3, -0.25) is 4.79 Å². The zero-order valence-corrected chi connectivity index (χ0v) is 13.3. The maximum absolute atomic E-state index is 13.0. The molecule has 0 aliphatic rings. The second kappa shape index (κ2) is 7.34. The molecule has 0 spiro atoms. The molecule has 2 aromatic rings. The Morgan fingerprint density at radius 2 is 1.76 bits per heavy atom. The number of hydrogen-bond donors (Lipinski definition) is 2. The van der Waals surface area contributed by atoms with Crippen molar-refractivity contribution >= 4 is 11.6 Å². The van der Waals surface area contributed by atoms with Crippen LogP contribution >= 0.6 is 0 Å². The maximum atomic E-state index is 13.0. The fraction of sp³-hybridized carbons (Fsp3) is 0.267. The van der Waals surface area contributed by atoms with E-state index in [4.69, 9.17) is 15.2 Å². The minimum atomic E-state index is -4.57. The summed E-state index contributed by atoms with van der Waals surface area (Å²) in [5, 5.41) is 2.36. The predicted octanol–water partition coefficient (Wildman–Crippen LogP) is 2.22. The highest BCUT2D eigenvalue weighted by Gasteiger charge is 2.31. The molecule has 0 aliphatic heterocycles. The summed E-state index contributed by atoms with van der Waals surface area (Å²) in [6.45, 7) is -0.117. The summed E-state index contributed by atoms with van der Waals surface area (Å²) < 4.78 is 48.9. The van der Waals surface area contributed by atoms with E-state index in [0.29, 0.717) is 0 Å². The highest BCUT2D eigenvalue weighted by Crippen LogP contribution is 2.32. The Labute approximate surface area is 141 Å². The quantitative estimate of drug-likeness (QED) is 0.852. The molecule has 0 bridgehead atoms. The van der Waals surface area contributed by atoms with Crippen molar-refractivity contribution in [2.24, 2.45) is 5.73 Å². The fourth-order valence-electron chi connectivity index (χ4n) is 2.10. The van der Waals surface area contributed by atoms with E-state index >= 15 is 0 Å². The second-order valence-electron chi connectivity index (χ2n) is 4.84. The standard InChI is InChI=1S/C15H15F3N4O3/c1-24-13-11(14(25-2)21-7-20-13)12(23)22-10-4-8(6-19)3-9(5-10)15(16,17)18/h3-5,7H,6,19H2,1-2H3,(H,22,23). The van der Waals surface area contributed by atoms with Gasteiger partial charge in [-0.2, -0.15) is 13.2 Å². The Kier molecular flexibility index (Phi) is 5.42. The number of nitrogens with one attached hydrogen (secondary N) is 1. The van der Waals surface area contributed by atoms with Gasteiger partial charge in [-0.25, -0.2) is 9.97 Å². The Hall–Kier alpha value is -2.88. The van der Waals surface area contributed by atoms with Gasteiger partial charge in [0.1, 0.15) is 6.33 Å². The van der Waals surface area contributed by atoms with Crippen LogP contribution in [0, 0.1) is 0 Å². The van der Waals surface area contributed by atoms with Gasteiger partial charge in [0.2, 0.25) is 11.8 Å². The first-order valence-electron chi connectivity index (χ1n) is 6.95. The molecule has 3 N–H and O–H groups in total. The number of methoxy groups -OCH3 is 2. The van der Waals surface area contributed by atoms with Crippen LogP contribution in [-0.4, -0.2) is 30.1 Å². The smallest absolute Gasteiger partial charge is 0.416 e. The summed E-state index contributed by atoms with van der Waals surface area (Å²) in [5.74, 6) is -0.928. The molecule has 1 aromatic carbocycles. The average Bonchev–Trinajstić information content (AvgIpc) is 2.59. The number of hydrogen-bond acceptors (Lipinski definition) is 6. The molecule has 7 nitrogen and oxygen atoms in total. The van der Waals surface area contributed by atoms with Gasteiger partial charge in [-0.1, -0.05) is 0 Å². The normalized spacial score (nSPS) is 11.1. The lowest BCUT2D eigenvalue weighted by molar-refractivity contribution is -0.137. The Bertz CT molecular complexity index is 759. The average molecular weight is 356 g/mol. The second-order valence-corrected chi connectivity index (χ2v) is 4.84.